The number of anilines is 1. The van der Waals surface area contributed by atoms with Crippen molar-refractivity contribution in [2.24, 2.45) is 0 Å². The molecular formula is C23H18ClN3O4. The second-order valence-corrected chi connectivity index (χ2v) is 7.28. The molecule has 0 aliphatic carbocycles. The largest absolute Gasteiger partial charge is 0.457 e. The number of carbonyl (C=O) groups is 3. The Balaban J connectivity index is 1.39. The van der Waals surface area contributed by atoms with E-state index in [1.165, 1.54) is 6.07 Å². The zero-order valence-electron chi connectivity index (χ0n) is 16.2. The van der Waals surface area contributed by atoms with Gasteiger partial charge in [-0.3, -0.25) is 19.8 Å². The second kappa shape index (κ2) is 8.99. The first-order valence-corrected chi connectivity index (χ1v) is 9.90. The van der Waals surface area contributed by atoms with Crippen molar-refractivity contribution < 1.29 is 19.1 Å². The molecule has 1 fully saturated rings. The maximum Gasteiger partial charge on any atom is 0.265 e. The van der Waals surface area contributed by atoms with Crippen LogP contribution in [0.1, 0.15) is 16.8 Å². The number of hydrazine groups is 1. The fraction of sp³-hybridized carbons (Fsp3) is 0.0870. The number of halogens is 1. The number of benzene rings is 3. The lowest BCUT2D eigenvalue weighted by Crippen LogP contribution is -2.48. The minimum absolute atomic E-state index is 0.0725. The first-order valence-electron chi connectivity index (χ1n) is 9.52. The number of para-hydroxylation sites is 1. The van der Waals surface area contributed by atoms with Crippen LogP contribution in [-0.4, -0.2) is 23.8 Å². The Labute approximate surface area is 183 Å². The average molecular weight is 436 g/mol. The van der Waals surface area contributed by atoms with Gasteiger partial charge < -0.3 is 4.74 Å². The number of hydrogen-bond acceptors (Lipinski definition) is 5. The Bertz CT molecular complexity index is 1120. The highest BCUT2D eigenvalue weighted by Crippen LogP contribution is 2.27. The molecule has 3 amide bonds. The van der Waals surface area contributed by atoms with Crippen LogP contribution < -0.4 is 20.5 Å². The molecule has 31 heavy (non-hydrogen) atoms. The number of hydrogen-bond donors (Lipinski definition) is 2. The van der Waals surface area contributed by atoms with E-state index in [0.29, 0.717) is 27.8 Å². The van der Waals surface area contributed by atoms with Gasteiger partial charge in [-0.05, 0) is 54.6 Å². The summed E-state index contributed by atoms with van der Waals surface area (Å²) in [6, 6.07) is 21.5. The zero-order chi connectivity index (χ0) is 21.8. The van der Waals surface area contributed by atoms with Gasteiger partial charge in [-0.1, -0.05) is 35.9 Å². The Kier molecular flexibility index (Phi) is 5.97. The molecule has 0 radical (unpaired) electrons. The fourth-order valence-corrected chi connectivity index (χ4v) is 3.35. The topological polar surface area (TPSA) is 87.7 Å². The molecule has 0 spiro atoms. The minimum Gasteiger partial charge on any atom is -0.457 e. The number of ether oxygens (including phenoxy) is 1. The van der Waals surface area contributed by atoms with Crippen LogP contribution in [0.25, 0.3) is 0 Å². The van der Waals surface area contributed by atoms with Gasteiger partial charge in [0.15, 0.2) is 0 Å². The SMILES string of the molecule is O=C(NN[C@H]1CC(=O)N(c2ccc(Oc3ccccc3)cc2)C1=O)c1cccc(Cl)c1. The molecule has 1 saturated heterocycles. The van der Waals surface area contributed by atoms with Crippen LogP contribution >= 0.6 is 11.6 Å². The third-order valence-electron chi connectivity index (χ3n) is 4.67. The van der Waals surface area contributed by atoms with Gasteiger partial charge in [0.25, 0.3) is 11.8 Å². The first-order chi connectivity index (χ1) is 15.0. The normalized spacial score (nSPS) is 15.8. The van der Waals surface area contributed by atoms with Gasteiger partial charge in [0.05, 0.1) is 12.1 Å². The zero-order valence-corrected chi connectivity index (χ0v) is 17.0. The molecule has 1 aliphatic rings. The molecule has 8 heteroatoms. The van der Waals surface area contributed by atoms with Crippen molar-refractivity contribution in [1.29, 1.82) is 0 Å². The molecule has 3 aromatic carbocycles. The second-order valence-electron chi connectivity index (χ2n) is 6.84. The predicted molar refractivity (Wildman–Crippen MR) is 116 cm³/mol. The highest BCUT2D eigenvalue weighted by Gasteiger charge is 2.39. The standard InChI is InChI=1S/C23H18ClN3O4/c24-16-6-4-5-15(13-16)22(29)26-25-20-14-21(28)27(23(20)30)17-9-11-19(12-10-17)31-18-7-2-1-3-8-18/h1-13,20,25H,14H2,(H,26,29)/t20-/m0/s1. The number of imide groups is 1. The van der Waals surface area contributed by atoms with Crippen molar-refractivity contribution >= 4 is 35.0 Å². The van der Waals surface area contributed by atoms with Gasteiger partial charge in [0, 0.05) is 10.6 Å². The van der Waals surface area contributed by atoms with E-state index in [0.717, 1.165) is 4.90 Å². The van der Waals surface area contributed by atoms with Crippen LogP contribution in [0.4, 0.5) is 5.69 Å². The summed E-state index contributed by atoms with van der Waals surface area (Å²) in [5, 5.41) is 0.422. The molecule has 0 aromatic heterocycles. The van der Waals surface area contributed by atoms with Crippen LogP contribution in [0.5, 0.6) is 11.5 Å². The van der Waals surface area contributed by atoms with Gasteiger partial charge in [0.1, 0.15) is 17.5 Å². The Morgan fingerprint density at radius 2 is 1.65 bits per heavy atom. The van der Waals surface area contributed by atoms with Gasteiger partial charge in [-0.2, -0.15) is 0 Å². The van der Waals surface area contributed by atoms with E-state index >= 15 is 0 Å². The monoisotopic (exact) mass is 435 g/mol. The summed E-state index contributed by atoms with van der Waals surface area (Å²) in [4.78, 5) is 38.5. The summed E-state index contributed by atoms with van der Waals surface area (Å²) in [5.41, 5.74) is 5.87. The van der Waals surface area contributed by atoms with E-state index in [9.17, 15) is 14.4 Å². The van der Waals surface area contributed by atoms with Gasteiger partial charge in [-0.25, -0.2) is 10.3 Å². The molecule has 3 aromatic rings. The number of nitrogens with zero attached hydrogens (tertiary/aromatic N) is 1. The number of rotatable bonds is 6. The fourth-order valence-electron chi connectivity index (χ4n) is 3.16. The van der Waals surface area contributed by atoms with Crippen LogP contribution in [0.2, 0.25) is 5.02 Å². The molecule has 2 N–H and O–H groups in total. The molecule has 1 atom stereocenters. The summed E-state index contributed by atoms with van der Waals surface area (Å²) in [6.45, 7) is 0. The smallest absolute Gasteiger partial charge is 0.265 e. The van der Waals surface area contributed by atoms with Crippen LogP contribution in [0.15, 0.2) is 78.9 Å². The van der Waals surface area contributed by atoms with Gasteiger partial charge in [-0.15, -0.1) is 0 Å². The Hall–Kier alpha value is -3.68. The van der Waals surface area contributed by atoms with Crippen molar-refractivity contribution in [1.82, 2.24) is 10.9 Å². The van der Waals surface area contributed by atoms with Crippen LogP contribution in [-0.2, 0) is 9.59 Å². The number of amides is 3. The summed E-state index contributed by atoms with van der Waals surface area (Å²) >= 11 is 5.89. The maximum absolute atomic E-state index is 12.7. The first kappa shape index (κ1) is 20.6. The van der Waals surface area contributed by atoms with Crippen LogP contribution in [0, 0.1) is 0 Å². The van der Waals surface area contributed by atoms with Crippen molar-refractivity contribution in [3.63, 3.8) is 0 Å². The van der Waals surface area contributed by atoms with Gasteiger partial charge >= 0.3 is 0 Å². The number of nitrogens with one attached hydrogen (secondary N) is 2. The average Bonchev–Trinajstić information content (AvgIpc) is 3.06. The van der Waals surface area contributed by atoms with Crippen molar-refractivity contribution in [2.75, 3.05) is 4.90 Å². The molecule has 0 unspecified atom stereocenters. The van der Waals surface area contributed by atoms with E-state index in [1.54, 1.807) is 42.5 Å². The Morgan fingerprint density at radius 3 is 2.35 bits per heavy atom. The quantitative estimate of drug-likeness (QED) is 0.455. The summed E-state index contributed by atoms with van der Waals surface area (Å²) in [5.74, 6) is -0.00578. The molecule has 0 bridgehead atoms. The van der Waals surface area contributed by atoms with Crippen LogP contribution in [0.3, 0.4) is 0 Å². The summed E-state index contributed by atoms with van der Waals surface area (Å²) in [7, 11) is 0. The molecule has 4 rings (SSSR count). The third-order valence-corrected chi connectivity index (χ3v) is 4.90. The van der Waals surface area contributed by atoms with E-state index in [4.69, 9.17) is 16.3 Å². The number of carbonyl (C=O) groups excluding carboxylic acids is 3. The molecule has 0 saturated carbocycles. The maximum atomic E-state index is 12.7. The van der Waals surface area contributed by atoms with Crippen molar-refractivity contribution in [3.05, 3.63) is 89.4 Å². The molecule has 156 valence electrons. The molecule has 7 nitrogen and oxygen atoms in total. The highest BCUT2D eigenvalue weighted by atomic mass is 35.5. The summed E-state index contributed by atoms with van der Waals surface area (Å²) < 4.78 is 5.73. The van der Waals surface area contributed by atoms with E-state index in [2.05, 4.69) is 10.9 Å². The van der Waals surface area contributed by atoms with Gasteiger partial charge in [0.2, 0.25) is 5.91 Å². The van der Waals surface area contributed by atoms with E-state index in [1.807, 2.05) is 30.3 Å². The summed E-state index contributed by atoms with van der Waals surface area (Å²) in [6.07, 6.45) is -0.0725. The third kappa shape index (κ3) is 4.74. The predicted octanol–water partition coefficient (Wildman–Crippen LogP) is 3.70. The molecular weight excluding hydrogens is 418 g/mol. The lowest BCUT2D eigenvalue weighted by atomic mass is 10.2. The van der Waals surface area contributed by atoms with Crippen molar-refractivity contribution in [3.8, 4) is 11.5 Å². The minimum atomic E-state index is -0.865. The molecule has 1 heterocycles. The molecule has 1 aliphatic heterocycles. The van der Waals surface area contributed by atoms with E-state index in [-0.39, 0.29) is 12.3 Å². The lowest BCUT2D eigenvalue weighted by Gasteiger charge is -2.16. The highest BCUT2D eigenvalue weighted by molar-refractivity contribution is 6.31. The van der Waals surface area contributed by atoms with E-state index < -0.39 is 17.9 Å². The lowest BCUT2D eigenvalue weighted by molar-refractivity contribution is -0.121. The van der Waals surface area contributed by atoms with Crippen molar-refractivity contribution in [2.45, 2.75) is 12.5 Å². The Morgan fingerprint density at radius 1 is 0.935 bits per heavy atom.